The maximum absolute atomic E-state index is 12.8. The van der Waals surface area contributed by atoms with Gasteiger partial charge >= 0.3 is 18.2 Å². The number of rotatable bonds is 6. The van der Waals surface area contributed by atoms with Crippen molar-refractivity contribution >= 4 is 23.8 Å². The molecule has 0 aromatic carbocycles. The van der Waals surface area contributed by atoms with E-state index in [4.69, 9.17) is 5.11 Å². The summed E-state index contributed by atoms with van der Waals surface area (Å²) in [4.78, 5) is 23.8. The minimum Gasteiger partial charge on any atom is -0.479 e. The van der Waals surface area contributed by atoms with Crippen molar-refractivity contribution in [3.05, 3.63) is 0 Å². The first-order valence-electron chi connectivity index (χ1n) is 5.85. The molecule has 2 N–H and O–H groups in total. The third-order valence-corrected chi connectivity index (χ3v) is 3.77. The topological polar surface area (TPSA) is 69.6 Å². The Labute approximate surface area is 119 Å². The third-order valence-electron chi connectivity index (χ3n) is 3.05. The highest BCUT2D eigenvalue weighted by Crippen LogP contribution is 2.30. The fourth-order valence-electron chi connectivity index (χ4n) is 1.41. The molecule has 5 nitrogen and oxygen atoms in total. The van der Waals surface area contributed by atoms with Gasteiger partial charge < -0.3 is 15.3 Å². The van der Waals surface area contributed by atoms with Gasteiger partial charge in [-0.1, -0.05) is 6.92 Å². The zero-order valence-electron chi connectivity index (χ0n) is 11.7. The van der Waals surface area contributed by atoms with Crippen LogP contribution in [0, 0.1) is 0 Å². The maximum Gasteiger partial charge on any atom is 0.422 e. The van der Waals surface area contributed by atoms with Crippen LogP contribution in [0.2, 0.25) is 0 Å². The Morgan fingerprint density at radius 1 is 1.40 bits per heavy atom. The van der Waals surface area contributed by atoms with Gasteiger partial charge in [-0.2, -0.15) is 24.9 Å². The van der Waals surface area contributed by atoms with E-state index in [1.807, 2.05) is 6.26 Å². The molecule has 0 fully saturated rings. The zero-order valence-corrected chi connectivity index (χ0v) is 12.6. The molecule has 2 amide bonds. The van der Waals surface area contributed by atoms with Gasteiger partial charge in [0.15, 0.2) is 0 Å². The number of amides is 2. The number of aliphatic carboxylic acids is 1. The van der Waals surface area contributed by atoms with Gasteiger partial charge in [-0.15, -0.1) is 0 Å². The lowest BCUT2D eigenvalue weighted by Crippen LogP contribution is -2.64. The van der Waals surface area contributed by atoms with Gasteiger partial charge in [0.05, 0.1) is 0 Å². The van der Waals surface area contributed by atoms with Crippen molar-refractivity contribution in [3.8, 4) is 0 Å². The first kappa shape index (κ1) is 18.9. The van der Waals surface area contributed by atoms with Gasteiger partial charge in [0.1, 0.15) is 0 Å². The number of carbonyl (C=O) groups is 2. The number of alkyl halides is 3. The number of carboxylic acids is 1. The molecule has 0 aromatic heterocycles. The predicted molar refractivity (Wildman–Crippen MR) is 70.9 cm³/mol. The average molecular weight is 316 g/mol. The fraction of sp³-hybridized carbons (Fsp3) is 0.818. The van der Waals surface area contributed by atoms with Crippen LogP contribution >= 0.6 is 11.8 Å². The molecule has 2 unspecified atom stereocenters. The second kappa shape index (κ2) is 7.05. The lowest BCUT2D eigenvalue weighted by molar-refractivity contribution is -0.203. The quantitative estimate of drug-likeness (QED) is 0.788. The molecule has 9 heteroatoms. The molecule has 2 atom stereocenters. The Morgan fingerprint density at radius 3 is 2.20 bits per heavy atom. The van der Waals surface area contributed by atoms with Crippen LogP contribution < -0.4 is 5.32 Å². The first-order chi connectivity index (χ1) is 9.01. The van der Waals surface area contributed by atoms with Crippen molar-refractivity contribution in [2.45, 2.75) is 38.0 Å². The van der Waals surface area contributed by atoms with Crippen LogP contribution in [0.5, 0.6) is 0 Å². The highest BCUT2D eigenvalue weighted by Gasteiger charge is 2.58. The van der Waals surface area contributed by atoms with Crippen LogP contribution in [0.1, 0.15) is 20.3 Å². The summed E-state index contributed by atoms with van der Waals surface area (Å²) in [5.41, 5.74) is -3.31. The van der Waals surface area contributed by atoms with E-state index in [-0.39, 0.29) is 6.04 Å². The van der Waals surface area contributed by atoms with Gasteiger partial charge in [0.2, 0.25) is 5.54 Å². The number of carboxylic acid groups (broad SMARTS) is 1. The van der Waals surface area contributed by atoms with Crippen molar-refractivity contribution in [2.75, 3.05) is 19.1 Å². The Morgan fingerprint density at radius 2 is 1.90 bits per heavy atom. The van der Waals surface area contributed by atoms with Gasteiger partial charge in [0, 0.05) is 18.8 Å². The number of nitrogens with zero attached hydrogens (tertiary/aromatic N) is 1. The second-order valence-corrected chi connectivity index (χ2v) is 5.40. The van der Waals surface area contributed by atoms with Crippen molar-refractivity contribution in [1.82, 2.24) is 10.2 Å². The van der Waals surface area contributed by atoms with Crippen molar-refractivity contribution in [1.29, 1.82) is 0 Å². The number of hydrogen-bond donors (Lipinski definition) is 2. The Hall–Kier alpha value is -1.12. The van der Waals surface area contributed by atoms with Gasteiger partial charge in [-0.3, -0.25) is 0 Å². The van der Waals surface area contributed by atoms with Gasteiger partial charge in [-0.05, 0) is 19.6 Å². The van der Waals surface area contributed by atoms with E-state index in [1.165, 1.54) is 18.8 Å². The largest absolute Gasteiger partial charge is 0.479 e. The van der Waals surface area contributed by atoms with E-state index in [2.05, 4.69) is 0 Å². The average Bonchev–Trinajstić information content (AvgIpc) is 2.33. The lowest BCUT2D eigenvalue weighted by Gasteiger charge is -2.33. The van der Waals surface area contributed by atoms with Crippen molar-refractivity contribution in [3.63, 3.8) is 0 Å². The van der Waals surface area contributed by atoms with Crippen LogP contribution in [-0.2, 0) is 4.79 Å². The molecular formula is C11H19F3N2O3S. The standard InChI is InChI=1S/C11H19F3N2O3S/c1-5-7(6-20-4)16(3)9(19)15-10(2,8(17)18)11(12,13)14/h7H,5-6H2,1-4H3,(H,15,19)(H,17,18). The van der Waals surface area contributed by atoms with E-state index >= 15 is 0 Å². The van der Waals surface area contributed by atoms with Gasteiger partial charge in [0.25, 0.3) is 0 Å². The molecule has 0 aromatic rings. The predicted octanol–water partition coefficient (Wildman–Crippen LogP) is 2.18. The monoisotopic (exact) mass is 316 g/mol. The third kappa shape index (κ3) is 4.19. The summed E-state index contributed by atoms with van der Waals surface area (Å²) in [5, 5.41) is 10.3. The molecule has 0 radical (unpaired) electrons. The minimum atomic E-state index is -5.09. The molecule has 0 rings (SSSR count). The second-order valence-electron chi connectivity index (χ2n) is 4.49. The van der Waals surface area contributed by atoms with E-state index < -0.39 is 23.7 Å². The molecule has 0 bridgehead atoms. The summed E-state index contributed by atoms with van der Waals surface area (Å²) in [6, 6.07) is -1.33. The van der Waals surface area contributed by atoms with Crippen molar-refractivity contribution < 1.29 is 27.9 Å². The summed E-state index contributed by atoms with van der Waals surface area (Å²) in [6.07, 6.45) is -2.72. The number of thioether (sulfide) groups is 1. The Bertz CT molecular complexity index is 365. The normalized spacial score (nSPS) is 16.1. The van der Waals surface area contributed by atoms with E-state index in [9.17, 15) is 22.8 Å². The number of halogens is 3. The molecule has 20 heavy (non-hydrogen) atoms. The van der Waals surface area contributed by atoms with Crippen molar-refractivity contribution in [2.24, 2.45) is 0 Å². The summed E-state index contributed by atoms with van der Waals surface area (Å²) < 4.78 is 38.4. The molecule has 0 spiro atoms. The van der Waals surface area contributed by atoms with E-state index in [1.54, 1.807) is 12.2 Å². The Kier molecular flexibility index (Phi) is 6.66. The molecule has 0 aliphatic carbocycles. The van der Waals surface area contributed by atoms with E-state index in [0.29, 0.717) is 19.1 Å². The molecule has 0 saturated heterocycles. The van der Waals surface area contributed by atoms with Crippen LogP contribution in [0.3, 0.4) is 0 Å². The summed E-state index contributed by atoms with van der Waals surface area (Å²) in [7, 11) is 1.35. The van der Waals surface area contributed by atoms with Gasteiger partial charge in [-0.25, -0.2) is 9.59 Å². The number of carbonyl (C=O) groups excluding carboxylic acids is 1. The Balaban J connectivity index is 5.08. The van der Waals surface area contributed by atoms with Crippen LogP contribution in [0.15, 0.2) is 0 Å². The lowest BCUT2D eigenvalue weighted by atomic mass is 10.0. The SMILES string of the molecule is CCC(CSC)N(C)C(=O)NC(C)(C(=O)O)C(F)(F)F. The molecule has 118 valence electrons. The molecule has 0 aliphatic heterocycles. The number of nitrogens with one attached hydrogen (secondary N) is 1. The van der Waals surface area contributed by atoms with E-state index in [0.717, 1.165) is 4.90 Å². The molecule has 0 aliphatic rings. The summed E-state index contributed by atoms with van der Waals surface area (Å²) >= 11 is 1.45. The summed E-state index contributed by atoms with van der Waals surface area (Å²) in [5.74, 6) is -1.60. The smallest absolute Gasteiger partial charge is 0.422 e. The maximum atomic E-state index is 12.8. The highest BCUT2D eigenvalue weighted by molar-refractivity contribution is 7.98. The highest BCUT2D eigenvalue weighted by atomic mass is 32.2. The summed E-state index contributed by atoms with van der Waals surface area (Å²) in [6.45, 7) is 2.22. The van der Waals surface area contributed by atoms with Crippen LogP contribution in [-0.4, -0.2) is 58.8 Å². The number of hydrogen-bond acceptors (Lipinski definition) is 3. The fourth-order valence-corrected chi connectivity index (χ4v) is 2.25. The molecule has 0 heterocycles. The zero-order chi connectivity index (χ0) is 16.1. The van der Waals surface area contributed by atoms with Crippen LogP contribution in [0.25, 0.3) is 0 Å². The minimum absolute atomic E-state index is 0.267. The number of urea groups is 1. The molecular weight excluding hydrogens is 297 g/mol. The van der Waals surface area contributed by atoms with Crippen LogP contribution in [0.4, 0.5) is 18.0 Å². The first-order valence-corrected chi connectivity index (χ1v) is 7.24. The molecule has 0 saturated carbocycles.